The highest BCUT2D eigenvalue weighted by Gasteiger charge is 2.17. The maximum atomic E-state index is 12.6. The lowest BCUT2D eigenvalue weighted by molar-refractivity contribution is 0.262. The Morgan fingerprint density at radius 3 is 1.57 bits per heavy atom. The van der Waals surface area contributed by atoms with Crippen LogP contribution in [-0.2, 0) is 9.59 Å². The van der Waals surface area contributed by atoms with E-state index < -0.39 is 6.03 Å². The maximum Gasteiger partial charge on any atom is 0.323 e. The molecule has 0 fully saturated rings. The van der Waals surface area contributed by atoms with Gasteiger partial charge in [-0.1, -0.05) is 12.1 Å². The lowest BCUT2D eigenvalue weighted by Gasteiger charge is -2.16. The summed E-state index contributed by atoms with van der Waals surface area (Å²) in [6, 6.07) is 6.01. The first-order valence-electron chi connectivity index (χ1n) is 9.23. The summed E-state index contributed by atoms with van der Waals surface area (Å²) in [6.07, 6.45) is 2.95. The lowest BCUT2D eigenvalue weighted by Crippen LogP contribution is -2.20. The molecular formula is C21H22N4O5. The van der Waals surface area contributed by atoms with Crippen molar-refractivity contribution in [1.29, 1.82) is 0 Å². The number of hydrogen-bond acceptors (Lipinski definition) is 7. The average molecular weight is 410 g/mol. The van der Waals surface area contributed by atoms with Gasteiger partial charge in [-0.2, -0.15) is 9.98 Å². The Morgan fingerprint density at radius 2 is 1.23 bits per heavy atom. The molecule has 0 spiro atoms. The number of hydrogen-bond donors (Lipinski definition) is 2. The summed E-state index contributed by atoms with van der Waals surface area (Å²) in [4.78, 5) is 41.7. The van der Waals surface area contributed by atoms with Gasteiger partial charge >= 0.3 is 6.03 Å². The fraction of sp³-hybridized carbons (Fsp3) is 0.286. The summed E-state index contributed by atoms with van der Waals surface area (Å²) >= 11 is 0. The Hall–Kier alpha value is -3.93. The van der Waals surface area contributed by atoms with Crippen molar-refractivity contribution >= 4 is 40.9 Å². The van der Waals surface area contributed by atoms with Gasteiger partial charge in [0.15, 0.2) is 11.5 Å². The highest BCUT2D eigenvalue weighted by Crippen LogP contribution is 2.40. The van der Waals surface area contributed by atoms with Gasteiger partial charge in [0.1, 0.15) is 11.4 Å². The minimum Gasteiger partial charge on any atom is -0.491 e. The summed E-state index contributed by atoms with van der Waals surface area (Å²) in [6.45, 7) is 7.89. The number of ether oxygens (including phenoxy) is 2. The first-order chi connectivity index (χ1) is 14.5. The van der Waals surface area contributed by atoms with Gasteiger partial charge < -0.3 is 20.1 Å². The second-order valence-electron chi connectivity index (χ2n) is 6.07. The van der Waals surface area contributed by atoms with Gasteiger partial charge in [-0.15, -0.1) is 0 Å². The first-order valence-corrected chi connectivity index (χ1v) is 9.23. The molecule has 0 saturated carbocycles. The number of carbonyl (C=O) groups excluding carboxylic acids is 3. The van der Waals surface area contributed by atoms with Crippen LogP contribution in [0.5, 0.6) is 11.5 Å². The molecule has 156 valence electrons. The van der Waals surface area contributed by atoms with Crippen LogP contribution in [0.3, 0.4) is 0 Å². The van der Waals surface area contributed by atoms with Crippen LogP contribution in [0.15, 0.2) is 34.3 Å². The Balaban J connectivity index is 2.39. The van der Waals surface area contributed by atoms with Crippen LogP contribution in [0, 0.1) is 13.8 Å². The summed E-state index contributed by atoms with van der Waals surface area (Å²) in [5.74, 6) is 0.748. The summed E-state index contributed by atoms with van der Waals surface area (Å²) in [5.41, 5.74) is 2.32. The maximum absolute atomic E-state index is 12.6. The van der Waals surface area contributed by atoms with Crippen LogP contribution in [0.4, 0.5) is 27.5 Å². The molecule has 2 rings (SSSR count). The molecule has 0 bridgehead atoms. The molecule has 0 heterocycles. The molecule has 2 aromatic rings. The molecule has 2 aromatic carbocycles. The second-order valence-corrected chi connectivity index (χ2v) is 6.07. The zero-order chi connectivity index (χ0) is 22.1. The number of aliphatic imine (C=N–C) groups is 2. The van der Waals surface area contributed by atoms with Gasteiger partial charge in [-0.25, -0.2) is 14.4 Å². The fourth-order valence-electron chi connectivity index (χ4n) is 2.79. The zero-order valence-corrected chi connectivity index (χ0v) is 17.2. The van der Waals surface area contributed by atoms with Crippen molar-refractivity contribution in [1.82, 2.24) is 0 Å². The molecule has 0 aromatic heterocycles. The van der Waals surface area contributed by atoms with E-state index in [1.54, 1.807) is 52.0 Å². The minimum absolute atomic E-state index is 0.159. The van der Waals surface area contributed by atoms with E-state index in [1.165, 1.54) is 12.2 Å². The number of benzene rings is 2. The number of nitrogens with one attached hydrogen (secondary N) is 2. The normalized spacial score (nSPS) is 9.73. The molecule has 30 heavy (non-hydrogen) atoms. The Labute approximate surface area is 173 Å². The molecule has 0 aliphatic rings. The van der Waals surface area contributed by atoms with E-state index in [0.717, 1.165) is 11.1 Å². The van der Waals surface area contributed by atoms with E-state index in [2.05, 4.69) is 20.6 Å². The number of amides is 2. The molecule has 0 atom stereocenters. The smallest absolute Gasteiger partial charge is 0.323 e. The van der Waals surface area contributed by atoms with Crippen LogP contribution in [-0.4, -0.2) is 31.4 Å². The highest BCUT2D eigenvalue weighted by molar-refractivity contribution is 6.04. The standard InChI is InChI=1S/C21H22N4O5/c1-5-29-19-13(3)7-9-15(17(19)22-11-26)24-21(28)25-16-10-8-14(4)20(30-6-2)18(16)23-12-27/h7-10H,5-6H2,1-4H3,(H2,24,25,28). The topological polar surface area (TPSA) is 118 Å². The summed E-state index contributed by atoms with van der Waals surface area (Å²) in [5, 5.41) is 5.24. The third-order valence-electron chi connectivity index (χ3n) is 4.05. The van der Waals surface area contributed by atoms with Crippen molar-refractivity contribution in [3.05, 3.63) is 35.4 Å². The Bertz CT molecular complexity index is 957. The van der Waals surface area contributed by atoms with Gasteiger partial charge in [-0.3, -0.25) is 0 Å². The number of urea groups is 1. The van der Waals surface area contributed by atoms with E-state index in [-0.39, 0.29) is 22.7 Å². The predicted molar refractivity (Wildman–Crippen MR) is 113 cm³/mol. The second kappa shape index (κ2) is 10.6. The van der Waals surface area contributed by atoms with E-state index >= 15 is 0 Å². The van der Waals surface area contributed by atoms with E-state index in [4.69, 9.17) is 9.47 Å². The average Bonchev–Trinajstić information content (AvgIpc) is 2.71. The van der Waals surface area contributed by atoms with Gasteiger partial charge in [0.25, 0.3) is 0 Å². The van der Waals surface area contributed by atoms with Crippen LogP contribution in [0.2, 0.25) is 0 Å². The van der Waals surface area contributed by atoms with Gasteiger partial charge in [-0.05, 0) is 51.0 Å². The van der Waals surface area contributed by atoms with Crippen molar-refractivity contribution in [3.8, 4) is 11.5 Å². The van der Waals surface area contributed by atoms with Gasteiger partial charge in [0.2, 0.25) is 12.2 Å². The van der Waals surface area contributed by atoms with E-state index in [1.807, 2.05) is 0 Å². The number of anilines is 2. The Morgan fingerprint density at radius 1 is 0.833 bits per heavy atom. The van der Waals surface area contributed by atoms with E-state index in [0.29, 0.717) is 24.7 Å². The highest BCUT2D eigenvalue weighted by atomic mass is 16.5. The van der Waals surface area contributed by atoms with Crippen molar-refractivity contribution < 1.29 is 23.9 Å². The molecule has 2 amide bonds. The zero-order valence-electron chi connectivity index (χ0n) is 17.2. The summed E-state index contributed by atoms with van der Waals surface area (Å²) in [7, 11) is 0. The minimum atomic E-state index is -0.641. The van der Waals surface area contributed by atoms with Crippen LogP contribution >= 0.6 is 0 Å². The van der Waals surface area contributed by atoms with Crippen molar-refractivity contribution in [2.24, 2.45) is 9.98 Å². The molecule has 0 unspecified atom stereocenters. The van der Waals surface area contributed by atoms with Crippen LogP contribution in [0.25, 0.3) is 0 Å². The molecule has 0 radical (unpaired) electrons. The lowest BCUT2D eigenvalue weighted by atomic mass is 10.1. The molecule has 2 N–H and O–H groups in total. The van der Waals surface area contributed by atoms with Crippen molar-refractivity contribution in [2.75, 3.05) is 23.8 Å². The third kappa shape index (κ3) is 5.11. The monoisotopic (exact) mass is 410 g/mol. The SMILES string of the molecule is CCOc1c(C)ccc(NC(=O)Nc2ccc(C)c(OCC)c2N=C=O)c1N=C=O. The largest absolute Gasteiger partial charge is 0.491 e. The predicted octanol–water partition coefficient (Wildman–Crippen LogP) is 4.68. The molecular weight excluding hydrogens is 388 g/mol. The number of aryl methyl sites for hydroxylation is 2. The van der Waals surface area contributed by atoms with Crippen LogP contribution < -0.4 is 20.1 Å². The molecule has 9 nitrogen and oxygen atoms in total. The van der Waals surface area contributed by atoms with Crippen molar-refractivity contribution in [2.45, 2.75) is 27.7 Å². The Kier molecular flexibility index (Phi) is 7.88. The molecule has 0 aliphatic carbocycles. The molecule has 0 saturated heterocycles. The molecule has 9 heteroatoms. The van der Waals surface area contributed by atoms with Gasteiger partial charge in [0, 0.05) is 0 Å². The number of rotatable bonds is 8. The van der Waals surface area contributed by atoms with Crippen LogP contribution in [0.1, 0.15) is 25.0 Å². The fourth-order valence-corrected chi connectivity index (χ4v) is 2.79. The number of carbonyl (C=O) groups is 1. The quantitative estimate of drug-likeness (QED) is 0.484. The number of isocyanates is 2. The van der Waals surface area contributed by atoms with Crippen molar-refractivity contribution in [3.63, 3.8) is 0 Å². The number of nitrogens with zero attached hydrogens (tertiary/aromatic N) is 2. The summed E-state index contributed by atoms with van der Waals surface area (Å²) < 4.78 is 11.1. The van der Waals surface area contributed by atoms with E-state index in [9.17, 15) is 14.4 Å². The molecule has 0 aliphatic heterocycles. The third-order valence-corrected chi connectivity index (χ3v) is 4.05. The first kappa shape index (κ1) is 22.4. The van der Waals surface area contributed by atoms with Gasteiger partial charge in [0.05, 0.1) is 24.6 Å².